The van der Waals surface area contributed by atoms with Gasteiger partial charge in [-0.15, -0.1) is 0 Å². The van der Waals surface area contributed by atoms with E-state index in [1.165, 1.54) is 18.4 Å². The minimum Gasteiger partial charge on any atom is -0.489 e. The molecule has 0 unspecified atom stereocenters. The van der Waals surface area contributed by atoms with Crippen LogP contribution in [0.25, 0.3) is 11.0 Å². The van der Waals surface area contributed by atoms with Crippen LogP contribution in [0.15, 0.2) is 77.4 Å². The van der Waals surface area contributed by atoms with Gasteiger partial charge in [0.15, 0.2) is 0 Å². The standard InChI is InChI=1S/C25H19F3O5/c26-25(27,28)19-7-5-16(6-8-19)13-32-22-4-2-1-3-17(22)14-31-20-9-10-21-18(11-24(29)30)15-33-23(21)12-20/h1-10,12,15H,11,13-14H2,(H,29,30). The van der Waals surface area contributed by atoms with E-state index in [1.807, 2.05) is 12.1 Å². The monoisotopic (exact) mass is 456 g/mol. The Morgan fingerprint density at radius 1 is 0.909 bits per heavy atom. The van der Waals surface area contributed by atoms with E-state index in [-0.39, 0.29) is 19.6 Å². The molecule has 170 valence electrons. The zero-order valence-electron chi connectivity index (χ0n) is 17.3. The number of benzene rings is 3. The van der Waals surface area contributed by atoms with E-state index in [4.69, 9.17) is 19.0 Å². The van der Waals surface area contributed by atoms with Crippen LogP contribution in [0.5, 0.6) is 11.5 Å². The number of halogens is 3. The van der Waals surface area contributed by atoms with Crippen molar-refractivity contribution < 1.29 is 37.0 Å². The highest BCUT2D eigenvalue weighted by molar-refractivity contribution is 5.86. The van der Waals surface area contributed by atoms with Crippen molar-refractivity contribution >= 4 is 16.9 Å². The normalized spacial score (nSPS) is 11.5. The van der Waals surface area contributed by atoms with Gasteiger partial charge in [0.2, 0.25) is 0 Å². The van der Waals surface area contributed by atoms with Crippen molar-refractivity contribution in [3.05, 3.63) is 95.2 Å². The number of hydrogen-bond acceptors (Lipinski definition) is 4. The van der Waals surface area contributed by atoms with Gasteiger partial charge in [0.05, 0.1) is 18.2 Å². The maximum absolute atomic E-state index is 12.7. The first-order chi connectivity index (χ1) is 15.8. The van der Waals surface area contributed by atoms with Gasteiger partial charge in [0.25, 0.3) is 0 Å². The van der Waals surface area contributed by atoms with E-state index in [0.717, 1.165) is 17.7 Å². The van der Waals surface area contributed by atoms with Gasteiger partial charge in [-0.25, -0.2) is 0 Å². The number of hydrogen-bond donors (Lipinski definition) is 1. The molecule has 0 aliphatic carbocycles. The third-order valence-electron chi connectivity index (χ3n) is 5.01. The number of aliphatic carboxylic acids is 1. The molecule has 1 aromatic heterocycles. The zero-order valence-corrected chi connectivity index (χ0v) is 17.3. The van der Waals surface area contributed by atoms with Crippen molar-refractivity contribution in [2.24, 2.45) is 0 Å². The molecule has 1 heterocycles. The number of para-hydroxylation sites is 1. The minimum atomic E-state index is -4.38. The van der Waals surface area contributed by atoms with Gasteiger partial charge in [0, 0.05) is 22.6 Å². The van der Waals surface area contributed by atoms with Crippen molar-refractivity contribution in [2.45, 2.75) is 25.8 Å². The van der Waals surface area contributed by atoms with Crippen LogP contribution >= 0.6 is 0 Å². The van der Waals surface area contributed by atoms with Crippen molar-refractivity contribution in [2.75, 3.05) is 0 Å². The van der Waals surface area contributed by atoms with Crippen LogP contribution in [0.2, 0.25) is 0 Å². The first-order valence-electron chi connectivity index (χ1n) is 10.0. The predicted octanol–water partition coefficient (Wildman–Crippen LogP) is 6.24. The van der Waals surface area contributed by atoms with Gasteiger partial charge in [-0.05, 0) is 35.9 Å². The Morgan fingerprint density at radius 2 is 1.67 bits per heavy atom. The van der Waals surface area contributed by atoms with E-state index < -0.39 is 17.7 Å². The summed E-state index contributed by atoms with van der Waals surface area (Å²) in [4.78, 5) is 10.9. The van der Waals surface area contributed by atoms with Crippen molar-refractivity contribution in [3.63, 3.8) is 0 Å². The lowest BCUT2D eigenvalue weighted by atomic mass is 10.1. The molecule has 4 rings (SSSR count). The third-order valence-corrected chi connectivity index (χ3v) is 5.01. The molecule has 0 fully saturated rings. The van der Waals surface area contributed by atoms with Crippen LogP contribution in [-0.2, 0) is 30.6 Å². The first-order valence-corrected chi connectivity index (χ1v) is 10.0. The summed E-state index contributed by atoms with van der Waals surface area (Å²) in [6, 6.07) is 17.2. The molecule has 0 spiro atoms. The number of fused-ring (bicyclic) bond motifs is 1. The summed E-state index contributed by atoms with van der Waals surface area (Å²) in [6.45, 7) is 0.303. The highest BCUT2D eigenvalue weighted by atomic mass is 19.4. The molecule has 1 N–H and O–H groups in total. The Balaban J connectivity index is 1.41. The number of alkyl halides is 3. The highest BCUT2D eigenvalue weighted by Crippen LogP contribution is 2.30. The summed E-state index contributed by atoms with van der Waals surface area (Å²) in [5.41, 5.74) is 1.78. The molecule has 0 saturated heterocycles. The number of ether oxygens (including phenoxy) is 2. The lowest BCUT2D eigenvalue weighted by molar-refractivity contribution is -0.138. The molecule has 0 bridgehead atoms. The van der Waals surface area contributed by atoms with Gasteiger partial charge >= 0.3 is 12.1 Å². The van der Waals surface area contributed by atoms with E-state index >= 15 is 0 Å². The second-order valence-electron chi connectivity index (χ2n) is 7.37. The van der Waals surface area contributed by atoms with Gasteiger partial charge in [-0.1, -0.05) is 30.3 Å². The number of carboxylic acid groups (broad SMARTS) is 1. The summed E-state index contributed by atoms with van der Waals surface area (Å²) < 4.78 is 55.2. The molecule has 0 radical (unpaired) electrons. The molecule has 0 atom stereocenters. The molecule has 3 aromatic carbocycles. The Labute approximate surface area is 187 Å². The van der Waals surface area contributed by atoms with Crippen LogP contribution in [0, 0.1) is 0 Å². The Bertz CT molecular complexity index is 1260. The number of furan rings is 1. The van der Waals surface area contributed by atoms with Gasteiger partial charge < -0.3 is 19.0 Å². The Hall–Kier alpha value is -3.94. The highest BCUT2D eigenvalue weighted by Gasteiger charge is 2.29. The van der Waals surface area contributed by atoms with Crippen LogP contribution in [0.1, 0.15) is 22.3 Å². The SMILES string of the molecule is O=C(O)Cc1coc2cc(OCc3ccccc3OCc3ccc(C(F)(F)F)cc3)ccc12. The predicted molar refractivity (Wildman–Crippen MR) is 114 cm³/mol. The number of rotatable bonds is 8. The fourth-order valence-corrected chi connectivity index (χ4v) is 3.33. The van der Waals surface area contributed by atoms with Gasteiger partial charge in [-0.2, -0.15) is 13.2 Å². The molecular formula is C25H19F3O5. The van der Waals surface area contributed by atoms with E-state index in [2.05, 4.69) is 0 Å². The molecule has 5 nitrogen and oxygen atoms in total. The quantitative estimate of drug-likeness (QED) is 0.340. The lowest BCUT2D eigenvalue weighted by Gasteiger charge is -2.13. The first kappa shape index (κ1) is 22.3. The maximum Gasteiger partial charge on any atom is 0.416 e. The zero-order chi connectivity index (χ0) is 23.4. The summed E-state index contributed by atoms with van der Waals surface area (Å²) >= 11 is 0. The van der Waals surface area contributed by atoms with Crippen LogP contribution in [-0.4, -0.2) is 11.1 Å². The van der Waals surface area contributed by atoms with Gasteiger partial charge in [-0.3, -0.25) is 4.79 Å². The minimum absolute atomic E-state index is 0.111. The van der Waals surface area contributed by atoms with Crippen molar-refractivity contribution in [1.82, 2.24) is 0 Å². The summed E-state index contributed by atoms with van der Waals surface area (Å²) in [5, 5.41) is 9.69. The number of carboxylic acids is 1. The smallest absolute Gasteiger partial charge is 0.416 e. The average molecular weight is 456 g/mol. The van der Waals surface area contributed by atoms with Crippen molar-refractivity contribution in [3.8, 4) is 11.5 Å². The topological polar surface area (TPSA) is 68.9 Å². The second-order valence-corrected chi connectivity index (χ2v) is 7.37. The summed E-state index contributed by atoms with van der Waals surface area (Å²) in [5.74, 6) is 0.155. The Morgan fingerprint density at radius 3 is 2.39 bits per heavy atom. The second kappa shape index (κ2) is 9.28. The summed E-state index contributed by atoms with van der Waals surface area (Å²) in [6.07, 6.45) is -3.08. The molecule has 0 saturated carbocycles. The maximum atomic E-state index is 12.7. The van der Waals surface area contributed by atoms with Gasteiger partial charge in [0.1, 0.15) is 30.3 Å². The van der Waals surface area contributed by atoms with Crippen LogP contribution in [0.4, 0.5) is 13.2 Å². The van der Waals surface area contributed by atoms with E-state index in [0.29, 0.717) is 33.6 Å². The van der Waals surface area contributed by atoms with E-state index in [9.17, 15) is 18.0 Å². The van der Waals surface area contributed by atoms with Crippen LogP contribution in [0.3, 0.4) is 0 Å². The molecule has 8 heteroatoms. The van der Waals surface area contributed by atoms with E-state index in [1.54, 1.807) is 30.3 Å². The van der Waals surface area contributed by atoms with Crippen LogP contribution < -0.4 is 9.47 Å². The molecule has 0 aliphatic heterocycles. The third kappa shape index (κ3) is 5.46. The molecule has 4 aromatic rings. The molecular weight excluding hydrogens is 437 g/mol. The molecule has 0 amide bonds. The molecule has 0 aliphatic rings. The summed E-state index contributed by atoms with van der Waals surface area (Å²) in [7, 11) is 0. The Kier molecular flexibility index (Phi) is 6.26. The fraction of sp³-hybridized carbons (Fsp3) is 0.160. The average Bonchev–Trinajstić information content (AvgIpc) is 3.18. The van der Waals surface area contributed by atoms with Crippen molar-refractivity contribution in [1.29, 1.82) is 0 Å². The largest absolute Gasteiger partial charge is 0.489 e. The number of carbonyl (C=O) groups is 1. The molecule has 33 heavy (non-hydrogen) atoms. The fourth-order valence-electron chi connectivity index (χ4n) is 3.33. The lowest BCUT2D eigenvalue weighted by Crippen LogP contribution is -2.05.